The smallest absolute Gasteiger partial charge is 0.261 e. The van der Waals surface area contributed by atoms with E-state index in [1.54, 1.807) is 18.2 Å². The van der Waals surface area contributed by atoms with Crippen LogP contribution in [0.2, 0.25) is 0 Å². The summed E-state index contributed by atoms with van der Waals surface area (Å²) in [6, 6.07) is 28.9. The number of anilines is 2. The van der Waals surface area contributed by atoms with E-state index in [1.807, 2.05) is 73.7 Å². The molecule has 32 heavy (non-hydrogen) atoms. The van der Waals surface area contributed by atoms with Gasteiger partial charge in [0.25, 0.3) is 10.0 Å². The molecule has 0 saturated heterocycles. The second-order valence-electron chi connectivity index (χ2n) is 7.22. The summed E-state index contributed by atoms with van der Waals surface area (Å²) < 4.78 is 28.4. The van der Waals surface area contributed by atoms with Gasteiger partial charge in [-0.25, -0.2) is 8.42 Å². The SMILES string of the molecule is C[C@@H](Sc1ccccc1)C(=O)Nc1ccc(S(=O)(=O)Nc2cccc3ccccc23)cc1. The number of carbonyl (C=O) groups excluding carboxylic acids is 1. The van der Waals surface area contributed by atoms with E-state index in [1.165, 1.54) is 23.9 Å². The Morgan fingerprint density at radius 3 is 2.22 bits per heavy atom. The molecule has 0 aliphatic heterocycles. The van der Waals surface area contributed by atoms with Crippen molar-refractivity contribution in [2.75, 3.05) is 10.0 Å². The van der Waals surface area contributed by atoms with Gasteiger partial charge in [0.05, 0.1) is 15.8 Å². The molecule has 0 aromatic heterocycles. The average Bonchev–Trinajstić information content (AvgIpc) is 2.80. The molecule has 4 rings (SSSR count). The van der Waals surface area contributed by atoms with Crippen molar-refractivity contribution in [1.82, 2.24) is 0 Å². The highest BCUT2D eigenvalue weighted by Gasteiger charge is 2.17. The maximum Gasteiger partial charge on any atom is 0.261 e. The predicted molar refractivity (Wildman–Crippen MR) is 132 cm³/mol. The van der Waals surface area contributed by atoms with Gasteiger partial charge in [0.1, 0.15) is 0 Å². The van der Waals surface area contributed by atoms with Crippen LogP contribution in [-0.4, -0.2) is 19.6 Å². The highest BCUT2D eigenvalue weighted by atomic mass is 32.2. The summed E-state index contributed by atoms with van der Waals surface area (Å²) >= 11 is 1.46. The first-order chi connectivity index (χ1) is 15.4. The Labute approximate surface area is 191 Å². The largest absolute Gasteiger partial charge is 0.325 e. The van der Waals surface area contributed by atoms with Crippen molar-refractivity contribution in [3.63, 3.8) is 0 Å². The third kappa shape index (κ3) is 5.12. The Balaban J connectivity index is 1.45. The highest BCUT2D eigenvalue weighted by molar-refractivity contribution is 8.00. The summed E-state index contributed by atoms with van der Waals surface area (Å²) in [5, 5.41) is 4.32. The van der Waals surface area contributed by atoms with Crippen LogP contribution in [0.3, 0.4) is 0 Å². The molecule has 0 heterocycles. The molecule has 0 radical (unpaired) electrons. The van der Waals surface area contributed by atoms with Crippen LogP contribution >= 0.6 is 11.8 Å². The number of rotatable bonds is 7. The monoisotopic (exact) mass is 462 g/mol. The lowest BCUT2D eigenvalue weighted by atomic mass is 10.1. The Morgan fingerprint density at radius 2 is 1.47 bits per heavy atom. The second-order valence-corrected chi connectivity index (χ2v) is 10.3. The number of amides is 1. The van der Waals surface area contributed by atoms with E-state index in [4.69, 9.17) is 0 Å². The molecule has 2 N–H and O–H groups in total. The van der Waals surface area contributed by atoms with Crippen LogP contribution in [0.4, 0.5) is 11.4 Å². The molecule has 7 heteroatoms. The minimum atomic E-state index is -3.77. The first kappa shape index (κ1) is 21.9. The Kier molecular flexibility index (Phi) is 6.48. The van der Waals surface area contributed by atoms with Crippen LogP contribution in [0.15, 0.2) is 107 Å². The fraction of sp³-hybridized carbons (Fsp3) is 0.0800. The van der Waals surface area contributed by atoms with E-state index in [0.29, 0.717) is 11.4 Å². The molecular weight excluding hydrogens is 440 g/mol. The number of carbonyl (C=O) groups is 1. The molecule has 162 valence electrons. The number of fused-ring (bicyclic) bond motifs is 1. The minimum Gasteiger partial charge on any atom is -0.325 e. The van der Waals surface area contributed by atoms with Gasteiger partial charge in [0.2, 0.25) is 5.91 Å². The van der Waals surface area contributed by atoms with Crippen molar-refractivity contribution in [3.05, 3.63) is 97.1 Å². The third-order valence-electron chi connectivity index (χ3n) is 4.89. The number of hydrogen-bond acceptors (Lipinski definition) is 4. The normalized spacial score (nSPS) is 12.3. The zero-order valence-corrected chi connectivity index (χ0v) is 19.0. The first-order valence-corrected chi connectivity index (χ1v) is 12.4. The maximum atomic E-state index is 12.9. The molecule has 1 atom stereocenters. The fourth-order valence-corrected chi connectivity index (χ4v) is 5.20. The van der Waals surface area contributed by atoms with Gasteiger partial charge in [-0.05, 0) is 54.8 Å². The van der Waals surface area contributed by atoms with Gasteiger partial charge in [0.15, 0.2) is 0 Å². The predicted octanol–water partition coefficient (Wildman–Crippen LogP) is 5.76. The zero-order valence-electron chi connectivity index (χ0n) is 17.4. The Morgan fingerprint density at radius 1 is 0.812 bits per heavy atom. The van der Waals surface area contributed by atoms with E-state index in [0.717, 1.165) is 15.7 Å². The molecule has 4 aromatic rings. The van der Waals surface area contributed by atoms with Crippen LogP contribution in [0.25, 0.3) is 10.8 Å². The number of hydrogen-bond donors (Lipinski definition) is 2. The summed E-state index contributed by atoms with van der Waals surface area (Å²) in [5.41, 5.74) is 1.06. The van der Waals surface area contributed by atoms with Crippen LogP contribution in [0, 0.1) is 0 Å². The van der Waals surface area contributed by atoms with Gasteiger partial charge < -0.3 is 5.32 Å². The molecule has 0 spiro atoms. The molecule has 0 fully saturated rings. The lowest BCUT2D eigenvalue weighted by Gasteiger charge is -2.13. The standard InChI is InChI=1S/C25H22N2O3S2/c1-18(31-21-10-3-2-4-11-21)25(28)26-20-14-16-22(17-15-20)32(29,30)27-24-13-7-9-19-8-5-6-12-23(19)24/h2-18,27H,1H3,(H,26,28)/t18-/m1/s1. The van der Waals surface area contributed by atoms with Gasteiger partial charge in [-0.2, -0.15) is 0 Å². The van der Waals surface area contributed by atoms with Gasteiger partial charge >= 0.3 is 0 Å². The lowest BCUT2D eigenvalue weighted by Crippen LogP contribution is -2.22. The number of sulfonamides is 1. The fourth-order valence-electron chi connectivity index (χ4n) is 3.24. The van der Waals surface area contributed by atoms with Crippen molar-refractivity contribution in [2.24, 2.45) is 0 Å². The molecule has 0 saturated carbocycles. The summed E-state index contributed by atoms with van der Waals surface area (Å²) in [6.07, 6.45) is 0. The zero-order chi connectivity index (χ0) is 22.6. The highest BCUT2D eigenvalue weighted by Crippen LogP contribution is 2.27. The van der Waals surface area contributed by atoms with Gasteiger partial charge in [-0.3, -0.25) is 9.52 Å². The van der Waals surface area contributed by atoms with E-state index >= 15 is 0 Å². The lowest BCUT2D eigenvalue weighted by molar-refractivity contribution is -0.115. The van der Waals surface area contributed by atoms with Gasteiger partial charge in [-0.1, -0.05) is 54.6 Å². The van der Waals surface area contributed by atoms with E-state index in [9.17, 15) is 13.2 Å². The van der Waals surface area contributed by atoms with Crippen molar-refractivity contribution >= 4 is 49.8 Å². The van der Waals surface area contributed by atoms with E-state index in [-0.39, 0.29) is 16.1 Å². The molecule has 5 nitrogen and oxygen atoms in total. The summed E-state index contributed by atoms with van der Waals surface area (Å²) in [4.78, 5) is 13.6. The number of thioether (sulfide) groups is 1. The molecular formula is C25H22N2O3S2. The molecule has 0 unspecified atom stereocenters. The number of benzene rings is 4. The molecule has 0 bridgehead atoms. The van der Waals surface area contributed by atoms with E-state index in [2.05, 4.69) is 10.0 Å². The third-order valence-corrected chi connectivity index (χ3v) is 7.38. The second kappa shape index (κ2) is 9.46. The first-order valence-electron chi connectivity index (χ1n) is 10.1. The van der Waals surface area contributed by atoms with Gasteiger partial charge in [0, 0.05) is 16.0 Å². The Hall–Kier alpha value is -3.29. The molecule has 0 aliphatic rings. The molecule has 1 amide bonds. The van der Waals surface area contributed by atoms with Crippen LogP contribution in [0.5, 0.6) is 0 Å². The average molecular weight is 463 g/mol. The Bertz CT molecular complexity index is 1330. The van der Waals surface area contributed by atoms with Crippen molar-refractivity contribution < 1.29 is 13.2 Å². The topological polar surface area (TPSA) is 75.3 Å². The minimum absolute atomic E-state index is 0.121. The van der Waals surface area contributed by atoms with E-state index < -0.39 is 10.0 Å². The van der Waals surface area contributed by atoms with Crippen molar-refractivity contribution in [3.8, 4) is 0 Å². The summed E-state index contributed by atoms with van der Waals surface area (Å²) in [7, 11) is -3.77. The van der Waals surface area contributed by atoms with Crippen molar-refractivity contribution in [1.29, 1.82) is 0 Å². The van der Waals surface area contributed by atoms with Crippen molar-refractivity contribution in [2.45, 2.75) is 22.0 Å². The van der Waals surface area contributed by atoms with Crippen LogP contribution in [0.1, 0.15) is 6.92 Å². The van der Waals surface area contributed by atoms with Crippen LogP contribution in [-0.2, 0) is 14.8 Å². The molecule has 4 aromatic carbocycles. The summed E-state index contributed by atoms with van der Waals surface area (Å²) in [6.45, 7) is 1.83. The van der Waals surface area contributed by atoms with Crippen LogP contribution < -0.4 is 10.0 Å². The molecule has 0 aliphatic carbocycles. The summed E-state index contributed by atoms with van der Waals surface area (Å²) in [5.74, 6) is -0.150. The van der Waals surface area contributed by atoms with Gasteiger partial charge in [-0.15, -0.1) is 11.8 Å². The maximum absolute atomic E-state index is 12.9. The quantitative estimate of drug-likeness (QED) is 0.343. The number of nitrogens with one attached hydrogen (secondary N) is 2.